The standard InChI is InChI=1S/C15H19NO5/c1-9-12(17)13(18)14(19)15(20,21-9)11-5-3-10(4-6-11)7-8-16-2/h3-6,9,12-14,17-20H,7-8H2,1H3/t9-,12-,13+,14+,15+/m0/s1. The molecule has 0 spiro atoms. The van der Waals surface area contributed by atoms with Gasteiger partial charge in [0.25, 0.3) is 0 Å². The van der Waals surface area contributed by atoms with Crippen molar-refractivity contribution < 1.29 is 25.2 Å². The summed E-state index contributed by atoms with van der Waals surface area (Å²) in [5, 5.41) is 40.0. The second-order valence-corrected chi connectivity index (χ2v) is 5.27. The van der Waals surface area contributed by atoms with Crippen molar-refractivity contribution >= 4 is 0 Å². The number of nitrogens with zero attached hydrogens (tertiary/aromatic N) is 1. The van der Waals surface area contributed by atoms with Crippen LogP contribution in [0.1, 0.15) is 18.1 Å². The molecule has 0 unspecified atom stereocenters. The Kier molecular flexibility index (Phi) is 4.61. The van der Waals surface area contributed by atoms with Crippen molar-refractivity contribution in [2.45, 2.75) is 43.5 Å². The molecule has 0 amide bonds. The summed E-state index contributed by atoms with van der Waals surface area (Å²) < 4.78 is 5.32. The van der Waals surface area contributed by atoms with Gasteiger partial charge in [0.15, 0.2) is 0 Å². The first-order chi connectivity index (χ1) is 9.90. The third-order valence-corrected chi connectivity index (χ3v) is 3.80. The minimum atomic E-state index is -2.07. The summed E-state index contributed by atoms with van der Waals surface area (Å²) in [5.41, 5.74) is 1.22. The molecule has 1 heterocycles. The third kappa shape index (κ3) is 2.93. The number of aliphatic hydroxyl groups is 4. The monoisotopic (exact) mass is 293 g/mol. The molecule has 0 aromatic heterocycles. The number of ether oxygens (including phenoxy) is 1. The van der Waals surface area contributed by atoms with E-state index >= 15 is 0 Å². The number of rotatable bonds is 3. The predicted molar refractivity (Wildman–Crippen MR) is 74.1 cm³/mol. The highest BCUT2D eigenvalue weighted by Crippen LogP contribution is 2.36. The molecule has 0 bridgehead atoms. The van der Waals surface area contributed by atoms with E-state index in [9.17, 15) is 20.4 Å². The number of aliphatic hydroxyl groups excluding tert-OH is 3. The van der Waals surface area contributed by atoms with E-state index in [1.807, 2.05) is 0 Å². The van der Waals surface area contributed by atoms with E-state index in [1.165, 1.54) is 6.92 Å². The Morgan fingerprint density at radius 1 is 1.19 bits per heavy atom. The quantitative estimate of drug-likeness (QED) is 0.579. The van der Waals surface area contributed by atoms with Gasteiger partial charge in [0.1, 0.15) is 18.3 Å². The van der Waals surface area contributed by atoms with Gasteiger partial charge in [-0.1, -0.05) is 24.3 Å². The van der Waals surface area contributed by atoms with Crippen molar-refractivity contribution in [1.29, 1.82) is 0 Å². The van der Waals surface area contributed by atoms with Crippen LogP contribution in [0.3, 0.4) is 0 Å². The molecule has 5 atom stereocenters. The Balaban J connectivity index is 2.25. The van der Waals surface area contributed by atoms with Gasteiger partial charge in [-0.3, -0.25) is 0 Å². The molecule has 0 saturated carbocycles. The van der Waals surface area contributed by atoms with Gasteiger partial charge in [0.05, 0.1) is 6.10 Å². The molecule has 1 aliphatic heterocycles. The van der Waals surface area contributed by atoms with E-state index in [0.717, 1.165) is 5.56 Å². The van der Waals surface area contributed by atoms with Gasteiger partial charge in [-0.15, -0.1) is 0 Å². The number of benzene rings is 1. The van der Waals surface area contributed by atoms with Crippen LogP contribution in [0.5, 0.6) is 0 Å². The lowest BCUT2D eigenvalue weighted by Crippen LogP contribution is -2.62. The average Bonchev–Trinajstić information content (AvgIpc) is 2.49. The van der Waals surface area contributed by atoms with Crippen LogP contribution in [-0.4, -0.2) is 51.4 Å². The first kappa shape index (κ1) is 15.9. The van der Waals surface area contributed by atoms with Gasteiger partial charge in [-0.2, -0.15) is 0 Å². The van der Waals surface area contributed by atoms with E-state index in [0.29, 0.717) is 18.5 Å². The summed E-state index contributed by atoms with van der Waals surface area (Å²) in [6, 6.07) is 6.63. The first-order valence-electron chi connectivity index (χ1n) is 6.77. The normalized spacial score (nSPS) is 36.2. The van der Waals surface area contributed by atoms with E-state index in [2.05, 4.69) is 4.85 Å². The summed E-state index contributed by atoms with van der Waals surface area (Å²) in [6.07, 6.45) is -4.64. The molecule has 1 saturated heterocycles. The summed E-state index contributed by atoms with van der Waals surface area (Å²) in [4.78, 5) is 3.27. The maximum atomic E-state index is 10.5. The van der Waals surface area contributed by atoms with Crippen LogP contribution in [0.25, 0.3) is 4.85 Å². The van der Waals surface area contributed by atoms with Crippen molar-refractivity contribution in [2.24, 2.45) is 0 Å². The lowest BCUT2D eigenvalue weighted by molar-refractivity contribution is -0.351. The molecule has 1 aromatic carbocycles. The molecule has 6 heteroatoms. The Labute approximate surface area is 123 Å². The Bertz CT molecular complexity index is 526. The smallest absolute Gasteiger partial charge is 0.222 e. The Hall–Kier alpha value is -1.49. The van der Waals surface area contributed by atoms with Crippen LogP contribution in [0.4, 0.5) is 0 Å². The first-order valence-corrected chi connectivity index (χ1v) is 6.77. The minimum Gasteiger partial charge on any atom is -0.388 e. The number of hydrogen-bond acceptors (Lipinski definition) is 5. The molecule has 1 aliphatic rings. The molecule has 0 aliphatic carbocycles. The van der Waals surface area contributed by atoms with Crippen molar-refractivity contribution in [2.75, 3.05) is 6.54 Å². The Morgan fingerprint density at radius 3 is 2.38 bits per heavy atom. The average molecular weight is 293 g/mol. The summed E-state index contributed by atoms with van der Waals surface area (Å²) >= 11 is 0. The van der Waals surface area contributed by atoms with Gasteiger partial charge in [0.2, 0.25) is 12.3 Å². The molecule has 2 rings (SSSR count). The topological polar surface area (TPSA) is 94.5 Å². The lowest BCUT2D eigenvalue weighted by Gasteiger charge is -2.45. The lowest BCUT2D eigenvalue weighted by atomic mass is 9.88. The molecule has 21 heavy (non-hydrogen) atoms. The van der Waals surface area contributed by atoms with Crippen LogP contribution in [-0.2, 0) is 16.9 Å². The molecule has 1 aromatic rings. The molecule has 1 fully saturated rings. The fraction of sp³-hybridized carbons (Fsp3) is 0.533. The SMILES string of the molecule is [C-]#[N+]CCc1ccc([C@@]2(O)O[C@@H](C)[C@H](O)[C@@H](O)[C@H]2O)cc1. The highest BCUT2D eigenvalue weighted by molar-refractivity contribution is 5.28. The third-order valence-electron chi connectivity index (χ3n) is 3.80. The van der Waals surface area contributed by atoms with E-state index in [1.54, 1.807) is 24.3 Å². The van der Waals surface area contributed by atoms with Crippen molar-refractivity contribution in [3.63, 3.8) is 0 Å². The van der Waals surface area contributed by atoms with Gasteiger partial charge < -0.3 is 30.0 Å². The number of hydrogen-bond donors (Lipinski definition) is 4. The van der Waals surface area contributed by atoms with Crippen LogP contribution in [0.15, 0.2) is 24.3 Å². The minimum absolute atomic E-state index is 0.291. The van der Waals surface area contributed by atoms with Crippen LogP contribution >= 0.6 is 0 Å². The van der Waals surface area contributed by atoms with Crippen molar-refractivity contribution in [3.05, 3.63) is 46.8 Å². The predicted octanol–water partition coefficient (Wildman–Crippen LogP) is -0.205. The molecular formula is C15H19NO5. The van der Waals surface area contributed by atoms with Crippen molar-refractivity contribution in [3.8, 4) is 0 Å². The fourth-order valence-electron chi connectivity index (χ4n) is 2.45. The second kappa shape index (κ2) is 6.10. The van der Waals surface area contributed by atoms with Crippen LogP contribution < -0.4 is 0 Å². The summed E-state index contributed by atoms with van der Waals surface area (Å²) in [7, 11) is 0. The zero-order valence-corrected chi connectivity index (χ0v) is 11.7. The van der Waals surface area contributed by atoms with E-state index < -0.39 is 30.2 Å². The van der Waals surface area contributed by atoms with Gasteiger partial charge >= 0.3 is 0 Å². The van der Waals surface area contributed by atoms with Gasteiger partial charge in [0, 0.05) is 12.0 Å². The zero-order valence-electron chi connectivity index (χ0n) is 11.7. The maximum Gasteiger partial charge on any atom is 0.222 e. The molecule has 6 nitrogen and oxygen atoms in total. The van der Waals surface area contributed by atoms with E-state index in [-0.39, 0.29) is 0 Å². The molecule has 114 valence electrons. The Morgan fingerprint density at radius 2 is 1.81 bits per heavy atom. The fourth-order valence-corrected chi connectivity index (χ4v) is 2.45. The van der Waals surface area contributed by atoms with Crippen LogP contribution in [0.2, 0.25) is 0 Å². The van der Waals surface area contributed by atoms with Gasteiger partial charge in [-0.25, -0.2) is 6.57 Å². The highest BCUT2D eigenvalue weighted by Gasteiger charge is 2.52. The zero-order chi connectivity index (χ0) is 15.6. The van der Waals surface area contributed by atoms with E-state index in [4.69, 9.17) is 11.3 Å². The summed E-state index contributed by atoms with van der Waals surface area (Å²) in [5.74, 6) is -2.07. The highest BCUT2D eigenvalue weighted by atomic mass is 16.7. The summed E-state index contributed by atoms with van der Waals surface area (Å²) in [6.45, 7) is 8.64. The maximum absolute atomic E-state index is 10.5. The molecule has 0 radical (unpaired) electrons. The second-order valence-electron chi connectivity index (χ2n) is 5.27. The van der Waals surface area contributed by atoms with Crippen molar-refractivity contribution in [1.82, 2.24) is 0 Å². The molecule has 4 N–H and O–H groups in total. The van der Waals surface area contributed by atoms with Crippen LogP contribution in [0, 0.1) is 6.57 Å². The van der Waals surface area contributed by atoms with Gasteiger partial charge in [-0.05, 0) is 12.5 Å². The largest absolute Gasteiger partial charge is 0.388 e. The molecular weight excluding hydrogens is 274 g/mol.